The van der Waals surface area contributed by atoms with Crippen LogP contribution >= 0.6 is 0 Å². The van der Waals surface area contributed by atoms with Gasteiger partial charge in [-0.3, -0.25) is 4.79 Å². The third-order valence-electron chi connectivity index (χ3n) is 4.39. The molecule has 2 aromatic carbocycles. The molecule has 0 atom stereocenters. The predicted molar refractivity (Wildman–Crippen MR) is 124 cm³/mol. The minimum atomic E-state index is -0.499. The van der Waals surface area contributed by atoms with Crippen LogP contribution in [0.15, 0.2) is 53.5 Å². The van der Waals surface area contributed by atoms with Crippen LogP contribution in [0.3, 0.4) is 0 Å². The van der Waals surface area contributed by atoms with Gasteiger partial charge in [0.25, 0.3) is 0 Å². The smallest absolute Gasteiger partial charge is 0.328 e. The van der Waals surface area contributed by atoms with Gasteiger partial charge in [-0.1, -0.05) is 61.6 Å². The van der Waals surface area contributed by atoms with Crippen molar-refractivity contribution in [3.05, 3.63) is 48.5 Å². The van der Waals surface area contributed by atoms with Crippen LogP contribution in [-0.4, -0.2) is 29.8 Å². The number of benzene rings is 2. The van der Waals surface area contributed by atoms with E-state index in [0.717, 1.165) is 12.8 Å². The highest BCUT2D eigenvalue weighted by molar-refractivity contribution is 6.08. The van der Waals surface area contributed by atoms with Crippen LogP contribution in [-0.2, 0) is 20.9 Å². The van der Waals surface area contributed by atoms with Crippen LogP contribution in [0.2, 0.25) is 0 Å². The van der Waals surface area contributed by atoms with Crippen LogP contribution < -0.4 is 0 Å². The molecule has 0 bridgehead atoms. The topological polar surface area (TPSA) is 60.7 Å². The molecule has 0 saturated carbocycles. The second-order valence-corrected chi connectivity index (χ2v) is 6.54. The normalized spacial score (nSPS) is 9.35. The molecule has 0 unspecified atom stereocenters. The third kappa shape index (κ3) is 7.19. The van der Waals surface area contributed by atoms with Gasteiger partial charge in [-0.25, -0.2) is 4.79 Å². The van der Waals surface area contributed by atoms with E-state index in [1.54, 1.807) is 6.92 Å². The van der Waals surface area contributed by atoms with Crippen molar-refractivity contribution in [2.45, 2.75) is 39.7 Å². The molecule has 1 heterocycles. The molecule has 31 heavy (non-hydrogen) atoms. The van der Waals surface area contributed by atoms with E-state index in [9.17, 15) is 9.59 Å². The molecule has 158 valence electrons. The van der Waals surface area contributed by atoms with Gasteiger partial charge in [-0.2, -0.15) is 4.99 Å². The average Bonchev–Trinajstić information content (AvgIpc) is 3.12. The summed E-state index contributed by atoms with van der Waals surface area (Å²) in [6.45, 7) is 4.62. The Balaban J connectivity index is 0.000000323. The predicted octanol–water partition coefficient (Wildman–Crippen LogP) is 4.88. The number of ether oxygens (including phenoxy) is 1. The van der Waals surface area contributed by atoms with Gasteiger partial charge in [0, 0.05) is 28.2 Å². The summed E-state index contributed by atoms with van der Waals surface area (Å²) >= 11 is 0. The molecule has 1 aromatic heterocycles. The maximum atomic E-state index is 10.3. The van der Waals surface area contributed by atoms with Crippen molar-refractivity contribution in [3.63, 3.8) is 0 Å². The number of hydrogen-bond donors (Lipinski definition) is 0. The van der Waals surface area contributed by atoms with E-state index in [1.807, 2.05) is 0 Å². The number of nitrogens with zero attached hydrogens (tertiary/aromatic N) is 2. The highest BCUT2D eigenvalue weighted by Crippen LogP contribution is 2.28. The molecule has 0 aliphatic carbocycles. The van der Waals surface area contributed by atoms with Gasteiger partial charge in [0.05, 0.1) is 13.2 Å². The van der Waals surface area contributed by atoms with Crippen LogP contribution in [0.1, 0.15) is 33.1 Å². The molecule has 3 aromatic rings. The number of fused-ring (bicyclic) bond motifs is 3. The first-order valence-corrected chi connectivity index (χ1v) is 10.3. The fourth-order valence-electron chi connectivity index (χ4n) is 3.01. The summed E-state index contributed by atoms with van der Waals surface area (Å²) in [5, 5.41) is 2.57. The van der Waals surface area contributed by atoms with Crippen LogP contribution in [0.4, 0.5) is 0 Å². The molecule has 0 N–H and O–H groups in total. The van der Waals surface area contributed by atoms with Gasteiger partial charge >= 0.3 is 5.97 Å². The van der Waals surface area contributed by atoms with Crippen molar-refractivity contribution in [1.29, 1.82) is 0 Å². The van der Waals surface area contributed by atoms with E-state index in [0.29, 0.717) is 13.2 Å². The van der Waals surface area contributed by atoms with E-state index in [1.165, 1.54) is 34.3 Å². The summed E-state index contributed by atoms with van der Waals surface area (Å²) in [6, 6.07) is 17.0. The van der Waals surface area contributed by atoms with Crippen molar-refractivity contribution >= 4 is 33.9 Å². The standard InChI is InChI=1S/C21H19N.C5H7NO3/c1-2-3-4-5-6-7-12-17-22-20-15-10-8-13-18(20)19-14-9-11-16-21(19)22;1-2-9-5(8)3-6-4-7/h8-11,13-16H,2-4,17H2,1H3;2-3H2,1H3. The fourth-order valence-corrected chi connectivity index (χ4v) is 3.01. The third-order valence-corrected chi connectivity index (χ3v) is 4.39. The largest absolute Gasteiger partial charge is 0.465 e. The number of aliphatic imine (C=N–C) groups is 1. The zero-order valence-electron chi connectivity index (χ0n) is 18.0. The van der Waals surface area contributed by atoms with Crippen LogP contribution in [0, 0.1) is 23.7 Å². The molecule has 0 aliphatic rings. The first-order chi connectivity index (χ1) is 15.2. The Morgan fingerprint density at radius 2 is 1.58 bits per heavy atom. The lowest BCUT2D eigenvalue weighted by Gasteiger charge is -2.01. The molecule has 0 amide bonds. The molecular formula is C26H26N2O3. The number of aromatic nitrogens is 1. The van der Waals surface area contributed by atoms with Crippen molar-refractivity contribution in [1.82, 2.24) is 4.57 Å². The van der Waals surface area contributed by atoms with Crippen LogP contribution in [0.25, 0.3) is 21.8 Å². The van der Waals surface area contributed by atoms with Gasteiger partial charge < -0.3 is 9.30 Å². The maximum absolute atomic E-state index is 10.3. The summed E-state index contributed by atoms with van der Waals surface area (Å²) < 4.78 is 6.70. The van der Waals surface area contributed by atoms with E-state index < -0.39 is 5.97 Å². The number of carbonyl (C=O) groups excluding carboxylic acids is 2. The average molecular weight is 415 g/mol. The van der Waals surface area contributed by atoms with Crippen molar-refractivity contribution in [3.8, 4) is 23.7 Å². The first kappa shape index (κ1) is 23.5. The second kappa shape index (κ2) is 13.4. The van der Waals surface area contributed by atoms with Gasteiger partial charge in [0.1, 0.15) is 6.54 Å². The molecular weight excluding hydrogens is 388 g/mol. The van der Waals surface area contributed by atoms with E-state index in [-0.39, 0.29) is 6.54 Å². The number of hydrogen-bond acceptors (Lipinski definition) is 4. The van der Waals surface area contributed by atoms with Gasteiger partial charge in [-0.15, -0.1) is 0 Å². The van der Waals surface area contributed by atoms with Crippen molar-refractivity contribution < 1.29 is 14.3 Å². The second-order valence-electron chi connectivity index (χ2n) is 6.54. The Kier molecular flexibility index (Phi) is 10.2. The summed E-state index contributed by atoms with van der Waals surface area (Å²) in [4.78, 5) is 22.7. The summed E-state index contributed by atoms with van der Waals surface area (Å²) in [6.07, 6.45) is 4.51. The minimum absolute atomic E-state index is 0.225. The summed E-state index contributed by atoms with van der Waals surface area (Å²) in [5.74, 6) is 11.7. The Morgan fingerprint density at radius 1 is 0.968 bits per heavy atom. The number of esters is 1. The first-order valence-electron chi connectivity index (χ1n) is 10.3. The summed E-state index contributed by atoms with van der Waals surface area (Å²) in [7, 11) is 0. The Morgan fingerprint density at radius 3 is 2.16 bits per heavy atom. The molecule has 0 saturated heterocycles. The number of carbonyl (C=O) groups is 1. The lowest BCUT2D eigenvalue weighted by atomic mass is 10.2. The number of para-hydroxylation sites is 2. The number of unbranched alkanes of at least 4 members (excludes halogenated alkanes) is 2. The van der Waals surface area contributed by atoms with Crippen LogP contribution in [0.5, 0.6) is 0 Å². The molecule has 5 nitrogen and oxygen atoms in total. The Labute approximate surface area is 183 Å². The Hall–Kier alpha value is -3.79. The van der Waals surface area contributed by atoms with Crippen molar-refractivity contribution in [2.24, 2.45) is 4.99 Å². The van der Waals surface area contributed by atoms with Gasteiger partial charge in [-0.05, 0) is 37.3 Å². The number of isocyanates is 1. The molecule has 0 radical (unpaired) electrons. The maximum Gasteiger partial charge on any atom is 0.328 e. The molecule has 3 rings (SSSR count). The lowest BCUT2D eigenvalue weighted by molar-refractivity contribution is -0.141. The van der Waals surface area contributed by atoms with E-state index in [4.69, 9.17) is 0 Å². The fraction of sp³-hybridized carbons (Fsp3) is 0.308. The van der Waals surface area contributed by atoms with Gasteiger partial charge in [0.15, 0.2) is 0 Å². The van der Waals surface area contributed by atoms with E-state index in [2.05, 4.69) is 93.4 Å². The highest BCUT2D eigenvalue weighted by Gasteiger charge is 2.07. The van der Waals surface area contributed by atoms with Gasteiger partial charge in [0.2, 0.25) is 6.08 Å². The molecule has 5 heteroatoms. The summed E-state index contributed by atoms with van der Waals surface area (Å²) in [5.41, 5.74) is 2.47. The lowest BCUT2D eigenvalue weighted by Crippen LogP contribution is -2.06. The quantitative estimate of drug-likeness (QED) is 0.190. The molecule has 0 aliphatic heterocycles. The number of rotatable bonds is 6. The highest BCUT2D eigenvalue weighted by atomic mass is 16.5. The zero-order chi connectivity index (χ0) is 22.3. The van der Waals surface area contributed by atoms with E-state index >= 15 is 0 Å². The monoisotopic (exact) mass is 414 g/mol. The minimum Gasteiger partial charge on any atom is -0.465 e. The molecule has 0 spiro atoms. The van der Waals surface area contributed by atoms with Crippen molar-refractivity contribution in [2.75, 3.05) is 13.2 Å². The zero-order valence-corrected chi connectivity index (χ0v) is 18.0. The molecule has 0 fully saturated rings. The SMILES string of the molecule is CCCCC#CC#CCn1c2ccccc2c2ccccc21.CCOC(=O)CN=C=O. The Bertz CT molecular complexity index is 1130.